The molecule has 0 saturated carbocycles. The van der Waals surface area contributed by atoms with Crippen LogP contribution in [0.5, 0.6) is 0 Å². The molecule has 1 saturated heterocycles. The number of hydrogen-bond acceptors (Lipinski definition) is 6. The van der Waals surface area contributed by atoms with Crippen LogP contribution < -0.4 is 0 Å². The van der Waals surface area contributed by atoms with Gasteiger partial charge in [0.05, 0.1) is 18.1 Å². The summed E-state index contributed by atoms with van der Waals surface area (Å²) in [6, 6.07) is 0. The van der Waals surface area contributed by atoms with Gasteiger partial charge in [-0.1, -0.05) is 44.9 Å². The van der Waals surface area contributed by atoms with E-state index in [9.17, 15) is 14.4 Å². The Kier molecular flexibility index (Phi) is 9.68. The molecule has 2 aliphatic rings. The summed E-state index contributed by atoms with van der Waals surface area (Å²) in [5.41, 5.74) is 0.849. The van der Waals surface area contributed by atoms with Crippen molar-refractivity contribution in [3.8, 4) is 0 Å². The van der Waals surface area contributed by atoms with Crippen molar-refractivity contribution < 1.29 is 28.6 Å². The fourth-order valence-corrected chi connectivity index (χ4v) is 4.71. The highest BCUT2D eigenvalue weighted by molar-refractivity contribution is 5.82. The van der Waals surface area contributed by atoms with Crippen LogP contribution in [-0.4, -0.2) is 41.6 Å². The predicted molar refractivity (Wildman–Crippen MR) is 123 cm³/mol. The van der Waals surface area contributed by atoms with Gasteiger partial charge in [-0.3, -0.25) is 9.59 Å². The number of hydrogen-bond donors (Lipinski definition) is 0. The van der Waals surface area contributed by atoms with Crippen LogP contribution in [0.1, 0.15) is 86.5 Å². The predicted octanol–water partition coefficient (Wildman–Crippen LogP) is 5.10. The summed E-state index contributed by atoms with van der Waals surface area (Å²) >= 11 is 0. The molecule has 0 aromatic carbocycles. The number of allylic oxidation sites excluding steroid dienone is 2. The maximum Gasteiger partial charge on any atom is 0.330 e. The Morgan fingerprint density at radius 3 is 2.56 bits per heavy atom. The van der Waals surface area contributed by atoms with E-state index >= 15 is 0 Å². The molecule has 2 aliphatic heterocycles. The normalized spacial score (nSPS) is 37.6. The van der Waals surface area contributed by atoms with Crippen LogP contribution in [0, 0.1) is 11.8 Å². The highest BCUT2D eigenvalue weighted by atomic mass is 16.7. The minimum Gasteiger partial charge on any atom is -0.461 e. The second-order valence-electron chi connectivity index (χ2n) is 9.92. The molecule has 6 atom stereocenters. The maximum atomic E-state index is 12.5. The fraction of sp³-hybridized carbons (Fsp3) is 0.731. The molecule has 2 heterocycles. The maximum absolute atomic E-state index is 12.5. The molecule has 1 fully saturated rings. The Hall–Kier alpha value is -1.95. The molecule has 0 aliphatic carbocycles. The van der Waals surface area contributed by atoms with Crippen molar-refractivity contribution in [3.05, 3.63) is 23.8 Å². The topological polar surface area (TPSA) is 78.9 Å². The lowest BCUT2D eigenvalue weighted by atomic mass is 10.4. The van der Waals surface area contributed by atoms with Crippen molar-refractivity contribution in [2.75, 3.05) is 0 Å². The van der Waals surface area contributed by atoms with Crippen LogP contribution in [0.4, 0.5) is 0 Å². The first-order chi connectivity index (χ1) is 15.0. The Labute approximate surface area is 192 Å². The van der Waals surface area contributed by atoms with Crippen molar-refractivity contribution in [1.82, 2.24) is 0 Å². The summed E-state index contributed by atoms with van der Waals surface area (Å²) in [4.78, 5) is 36.7. The number of carbonyl (C=O) groups is 3. The lowest BCUT2D eigenvalue weighted by Gasteiger charge is -2.24. The molecule has 2 rings (SSSR count). The average Bonchev–Trinajstić information content (AvgIpc) is 2.98. The zero-order chi connectivity index (χ0) is 23.9. The summed E-state index contributed by atoms with van der Waals surface area (Å²) in [6.45, 7) is 11.6. The van der Waals surface area contributed by atoms with Crippen LogP contribution in [0.2, 0.25) is 0 Å². The van der Waals surface area contributed by atoms with Gasteiger partial charge in [0, 0.05) is 24.8 Å². The van der Waals surface area contributed by atoms with Crippen LogP contribution in [0.25, 0.3) is 0 Å². The molecule has 0 aromatic heterocycles. The molecular formula is C26H40O6. The molecular weight excluding hydrogens is 426 g/mol. The monoisotopic (exact) mass is 466 g/mol. The summed E-state index contributed by atoms with van der Waals surface area (Å²) in [7, 11) is 0. The molecule has 180 valence electrons. The SMILES string of the molecule is [13CH3]C[13CH2][C@]1([13CH3])[13CH2][13C@H]2OC(=O)/[13CH]=[13CH]/[C@@H]([13CH3])[13CH2][13C](=O)O[13C@@H](C[13C]([13CH3])=O)[C@H]([13CH3])/[13CH]=[13C](\[13CH3])C[13CH2][C@@H]2O1. The van der Waals surface area contributed by atoms with Crippen LogP contribution >= 0.6 is 0 Å². The molecule has 0 spiro atoms. The van der Waals surface area contributed by atoms with Crippen molar-refractivity contribution in [1.29, 1.82) is 0 Å². The molecule has 6 nitrogen and oxygen atoms in total. The van der Waals surface area contributed by atoms with Crippen molar-refractivity contribution in [2.24, 2.45) is 11.8 Å². The largest absolute Gasteiger partial charge is 0.461 e. The third-order valence-electron chi connectivity index (χ3n) is 6.31. The zero-order valence-corrected chi connectivity index (χ0v) is 20.5. The number of Topliss-reactive ketones (excluding diaryl/α,β-unsaturated/α-hetero) is 1. The van der Waals surface area contributed by atoms with Gasteiger partial charge in [-0.05, 0) is 46.0 Å². The van der Waals surface area contributed by atoms with Crippen LogP contribution in [-0.2, 0) is 28.6 Å². The van der Waals surface area contributed by atoms with Gasteiger partial charge in [-0.15, -0.1) is 0 Å². The second-order valence-corrected chi connectivity index (χ2v) is 9.92. The number of ether oxygens (including phenoxy) is 3. The van der Waals surface area contributed by atoms with Gasteiger partial charge in [-0.2, -0.15) is 0 Å². The highest BCUT2D eigenvalue weighted by Crippen LogP contribution is 2.38. The van der Waals surface area contributed by atoms with Gasteiger partial charge in [0.25, 0.3) is 0 Å². The first-order valence-electron chi connectivity index (χ1n) is 11.9. The molecule has 32 heavy (non-hydrogen) atoms. The molecule has 0 radical (unpaired) electrons. The number of fused-ring (bicyclic) bond motifs is 1. The minimum atomic E-state index is -0.493. The third-order valence-corrected chi connectivity index (χ3v) is 6.31. The minimum absolute atomic E-state index is 0.0109. The first kappa shape index (κ1) is 26.3. The van der Waals surface area contributed by atoms with Gasteiger partial charge in [0.1, 0.15) is 18.0 Å². The van der Waals surface area contributed by atoms with Gasteiger partial charge in [0.2, 0.25) is 0 Å². The molecule has 0 unspecified atom stereocenters. The average molecular weight is 466 g/mol. The number of rotatable bonds is 4. The molecule has 0 aromatic rings. The van der Waals surface area contributed by atoms with E-state index in [1.807, 2.05) is 20.8 Å². The Bertz CT molecular complexity index is 739. The molecule has 0 bridgehead atoms. The Balaban J connectivity index is 2.26. The van der Waals surface area contributed by atoms with E-state index in [0.717, 1.165) is 31.3 Å². The highest BCUT2D eigenvalue weighted by Gasteiger charge is 2.44. The second kappa shape index (κ2) is 11.8. The number of carbonyl (C=O) groups excluding carboxylic acids is 3. The smallest absolute Gasteiger partial charge is 0.330 e. The number of cyclic esters (lactones) is 1. The summed E-state index contributed by atoms with van der Waals surface area (Å²) < 4.78 is 17.8. The number of esters is 2. The van der Waals surface area contributed by atoms with Crippen molar-refractivity contribution >= 4 is 17.7 Å². The Morgan fingerprint density at radius 1 is 1.19 bits per heavy atom. The van der Waals surface area contributed by atoms with E-state index in [-0.39, 0.29) is 54.2 Å². The van der Waals surface area contributed by atoms with Gasteiger partial charge >= 0.3 is 11.9 Å². The van der Waals surface area contributed by atoms with Gasteiger partial charge < -0.3 is 14.2 Å². The molecule has 0 amide bonds. The van der Waals surface area contributed by atoms with Crippen molar-refractivity contribution in [3.63, 3.8) is 0 Å². The van der Waals surface area contributed by atoms with E-state index in [4.69, 9.17) is 14.2 Å². The standard InChI is InChI=1S/C26H40O6/c1-7-12-26(6)16-23-21(32-26)10-8-17(2)13-19(4)22(15-20(5)27)30-25(29)14-18(3)9-11-24(28)31-23/h9,11,13,18-19,21-23H,7-8,10,12,14-16H2,1-6H3/b11-9+,17-13+/t18-,19-,21+,22+,23-,26-/m1/s1/i1+1,2+1,3+1,4+1,5+1,6+1,9+1,10+1,11+1,12+1,13+1,14+1,16+1,17+1,20+1,22+1,23+1,25+1. The quantitative estimate of drug-likeness (QED) is 0.326. The van der Waals surface area contributed by atoms with E-state index < -0.39 is 12.1 Å². The summed E-state index contributed by atoms with van der Waals surface area (Å²) in [5, 5.41) is 0. The van der Waals surface area contributed by atoms with Gasteiger partial charge in [-0.25, -0.2) is 4.79 Å². The summed E-state index contributed by atoms with van der Waals surface area (Å²) in [6.07, 6.45) is 8.68. The van der Waals surface area contributed by atoms with Crippen LogP contribution in [0.15, 0.2) is 23.8 Å². The Morgan fingerprint density at radius 2 is 1.91 bits per heavy atom. The lowest BCUT2D eigenvalue weighted by molar-refractivity contribution is -0.152. The first-order valence-corrected chi connectivity index (χ1v) is 11.9. The zero-order valence-electron chi connectivity index (χ0n) is 20.5. The molecule has 0 N–H and O–H groups in total. The van der Waals surface area contributed by atoms with E-state index in [2.05, 4.69) is 19.9 Å². The molecule has 6 heteroatoms. The third kappa shape index (κ3) is 8.19. The fourth-order valence-electron chi connectivity index (χ4n) is 4.71. The number of ketones is 1. The van der Waals surface area contributed by atoms with Gasteiger partial charge in [0.15, 0.2) is 0 Å². The van der Waals surface area contributed by atoms with E-state index in [0.29, 0.717) is 6.42 Å². The lowest BCUT2D eigenvalue weighted by Crippen LogP contribution is -2.28. The summed E-state index contributed by atoms with van der Waals surface area (Å²) in [5.74, 6) is -1.05. The van der Waals surface area contributed by atoms with E-state index in [1.54, 1.807) is 6.08 Å². The van der Waals surface area contributed by atoms with Crippen LogP contribution in [0.3, 0.4) is 0 Å². The van der Waals surface area contributed by atoms with Crippen molar-refractivity contribution in [2.45, 2.75) is 110 Å². The van der Waals surface area contributed by atoms with E-state index in [1.165, 1.54) is 13.0 Å².